The molecule has 1 fully saturated rings. The van der Waals surface area contributed by atoms with Crippen molar-refractivity contribution in [3.63, 3.8) is 0 Å². The number of amides is 1. The number of hydrogen-bond donors (Lipinski definition) is 1. The molecule has 0 radical (unpaired) electrons. The number of carbonyl (C=O) groups excluding carboxylic acids is 1. The zero-order chi connectivity index (χ0) is 19.3. The summed E-state index contributed by atoms with van der Waals surface area (Å²) in [5, 5.41) is 4.05. The van der Waals surface area contributed by atoms with Gasteiger partial charge in [0.1, 0.15) is 0 Å². The Kier molecular flexibility index (Phi) is 5.98. The van der Waals surface area contributed by atoms with E-state index in [9.17, 15) is 13.2 Å². The van der Waals surface area contributed by atoms with Crippen molar-refractivity contribution in [2.45, 2.75) is 31.1 Å². The van der Waals surface area contributed by atoms with Crippen LogP contribution in [0.3, 0.4) is 0 Å². The van der Waals surface area contributed by atoms with E-state index in [1.807, 2.05) is 6.07 Å². The van der Waals surface area contributed by atoms with E-state index >= 15 is 0 Å². The molecule has 1 N–H and O–H groups in total. The molecule has 1 aromatic carbocycles. The maximum absolute atomic E-state index is 12.8. The van der Waals surface area contributed by atoms with Crippen molar-refractivity contribution in [2.24, 2.45) is 5.10 Å². The van der Waals surface area contributed by atoms with Gasteiger partial charge in [-0.3, -0.25) is 9.78 Å². The molecule has 1 aliphatic heterocycles. The van der Waals surface area contributed by atoms with E-state index < -0.39 is 15.9 Å². The molecule has 0 aliphatic carbocycles. The Labute approximate surface area is 159 Å². The van der Waals surface area contributed by atoms with Crippen molar-refractivity contribution >= 4 is 21.6 Å². The minimum absolute atomic E-state index is 0.127. The molecule has 0 unspecified atom stereocenters. The van der Waals surface area contributed by atoms with Crippen LogP contribution in [-0.4, -0.2) is 42.4 Å². The Balaban J connectivity index is 1.76. The molecule has 1 amide bonds. The number of benzene rings is 1. The lowest BCUT2D eigenvalue weighted by Crippen LogP contribution is -2.35. The largest absolute Gasteiger partial charge is 0.271 e. The highest BCUT2D eigenvalue weighted by molar-refractivity contribution is 7.89. The van der Waals surface area contributed by atoms with Gasteiger partial charge in [-0.25, -0.2) is 13.8 Å². The lowest BCUT2D eigenvalue weighted by atomic mass is 10.2. The molecule has 0 saturated carbocycles. The molecule has 1 saturated heterocycles. The fourth-order valence-corrected chi connectivity index (χ4v) is 4.45. The molecule has 3 rings (SSSR count). The number of rotatable bonds is 5. The topological polar surface area (TPSA) is 91.7 Å². The zero-order valence-electron chi connectivity index (χ0n) is 15.1. The molecule has 2 aromatic rings. The van der Waals surface area contributed by atoms with Gasteiger partial charge in [0.25, 0.3) is 5.91 Å². The van der Waals surface area contributed by atoms with Crippen LogP contribution in [0, 0.1) is 0 Å². The highest BCUT2D eigenvalue weighted by Gasteiger charge is 2.26. The molecule has 1 aromatic heterocycles. The van der Waals surface area contributed by atoms with Crippen molar-refractivity contribution < 1.29 is 13.2 Å². The van der Waals surface area contributed by atoms with Crippen LogP contribution in [0.4, 0.5) is 0 Å². The van der Waals surface area contributed by atoms with Gasteiger partial charge in [0.15, 0.2) is 0 Å². The summed E-state index contributed by atoms with van der Waals surface area (Å²) in [5.74, 6) is -0.471. The Morgan fingerprint density at radius 3 is 2.59 bits per heavy atom. The van der Waals surface area contributed by atoms with E-state index in [1.165, 1.54) is 16.4 Å². The van der Waals surface area contributed by atoms with Gasteiger partial charge >= 0.3 is 0 Å². The Hall–Kier alpha value is -2.58. The number of hydrogen-bond acceptors (Lipinski definition) is 5. The van der Waals surface area contributed by atoms with Gasteiger partial charge in [0, 0.05) is 24.8 Å². The van der Waals surface area contributed by atoms with Gasteiger partial charge in [0.2, 0.25) is 10.0 Å². The van der Waals surface area contributed by atoms with Gasteiger partial charge in [-0.2, -0.15) is 9.41 Å². The molecule has 142 valence electrons. The lowest BCUT2D eigenvalue weighted by molar-refractivity contribution is 0.0954. The van der Waals surface area contributed by atoms with Crippen molar-refractivity contribution in [2.75, 3.05) is 13.1 Å². The fourth-order valence-electron chi connectivity index (χ4n) is 2.89. The van der Waals surface area contributed by atoms with E-state index in [-0.39, 0.29) is 10.5 Å². The van der Waals surface area contributed by atoms with Crippen molar-refractivity contribution in [3.05, 3.63) is 59.9 Å². The molecule has 0 spiro atoms. The first-order chi connectivity index (χ1) is 13.0. The summed E-state index contributed by atoms with van der Waals surface area (Å²) in [5.41, 5.74) is 3.91. The highest BCUT2D eigenvalue weighted by Crippen LogP contribution is 2.21. The summed E-state index contributed by atoms with van der Waals surface area (Å²) in [4.78, 5) is 16.7. The number of piperidine rings is 1. The van der Waals surface area contributed by atoms with Crippen LogP contribution in [0.5, 0.6) is 0 Å². The van der Waals surface area contributed by atoms with Crippen molar-refractivity contribution in [1.29, 1.82) is 0 Å². The Morgan fingerprint density at radius 2 is 1.89 bits per heavy atom. The van der Waals surface area contributed by atoms with E-state index in [2.05, 4.69) is 15.5 Å². The number of aromatic nitrogens is 1. The minimum Gasteiger partial charge on any atom is -0.267 e. The first-order valence-corrected chi connectivity index (χ1v) is 10.3. The monoisotopic (exact) mass is 386 g/mol. The second kappa shape index (κ2) is 8.41. The predicted octanol–water partition coefficient (Wildman–Crippen LogP) is 2.41. The third-order valence-corrected chi connectivity index (χ3v) is 6.30. The molecule has 27 heavy (non-hydrogen) atoms. The van der Waals surface area contributed by atoms with E-state index in [0.717, 1.165) is 19.3 Å². The van der Waals surface area contributed by atoms with E-state index in [0.29, 0.717) is 24.5 Å². The zero-order valence-corrected chi connectivity index (χ0v) is 15.9. The smallest absolute Gasteiger partial charge is 0.267 e. The van der Waals surface area contributed by atoms with E-state index in [4.69, 9.17) is 0 Å². The highest BCUT2D eigenvalue weighted by atomic mass is 32.2. The van der Waals surface area contributed by atoms with Gasteiger partial charge in [-0.05, 0) is 50.1 Å². The van der Waals surface area contributed by atoms with Crippen LogP contribution in [-0.2, 0) is 10.0 Å². The van der Waals surface area contributed by atoms with Gasteiger partial charge in [0.05, 0.1) is 16.3 Å². The Morgan fingerprint density at radius 1 is 1.11 bits per heavy atom. The summed E-state index contributed by atoms with van der Waals surface area (Å²) < 4.78 is 27.0. The van der Waals surface area contributed by atoms with Crippen LogP contribution in [0.25, 0.3) is 0 Å². The van der Waals surface area contributed by atoms with Crippen molar-refractivity contribution in [3.8, 4) is 0 Å². The molecule has 7 nitrogen and oxygen atoms in total. The molecule has 8 heteroatoms. The summed E-state index contributed by atoms with van der Waals surface area (Å²) in [6.45, 7) is 2.78. The third kappa shape index (κ3) is 4.58. The summed E-state index contributed by atoms with van der Waals surface area (Å²) in [7, 11) is -3.58. The second-order valence-electron chi connectivity index (χ2n) is 6.35. The Bertz CT molecular complexity index is 936. The van der Waals surface area contributed by atoms with Crippen LogP contribution in [0.1, 0.15) is 42.2 Å². The lowest BCUT2D eigenvalue weighted by Gasteiger charge is -2.25. The quantitative estimate of drug-likeness (QED) is 0.631. The number of sulfonamides is 1. The summed E-state index contributed by atoms with van der Waals surface area (Å²) >= 11 is 0. The summed E-state index contributed by atoms with van der Waals surface area (Å²) in [6, 6.07) is 11.5. The van der Waals surface area contributed by atoms with Crippen LogP contribution < -0.4 is 5.43 Å². The first kappa shape index (κ1) is 19.2. The maximum atomic E-state index is 12.8. The standard InChI is InChI=1S/C19H22N4O3S/c1-15(18-10-3-4-11-20-18)21-22-19(24)16-8-7-9-17(14-16)27(25,26)23-12-5-2-6-13-23/h3-4,7-11,14H,2,5-6,12-13H2,1H3,(H,22,24). The normalized spacial score (nSPS) is 16.1. The molecule has 0 bridgehead atoms. The number of nitrogens with zero attached hydrogens (tertiary/aromatic N) is 3. The van der Waals surface area contributed by atoms with Crippen molar-refractivity contribution in [1.82, 2.24) is 14.7 Å². The molecule has 0 atom stereocenters. The average Bonchev–Trinajstić information content (AvgIpc) is 2.73. The second-order valence-corrected chi connectivity index (χ2v) is 8.28. The minimum atomic E-state index is -3.58. The average molecular weight is 386 g/mol. The van der Waals surface area contributed by atoms with Gasteiger partial charge in [-0.1, -0.05) is 18.6 Å². The number of nitrogens with one attached hydrogen (secondary N) is 1. The van der Waals surface area contributed by atoms with Gasteiger partial charge in [-0.15, -0.1) is 0 Å². The molecule has 1 aliphatic rings. The van der Waals surface area contributed by atoms with Crippen LogP contribution in [0.2, 0.25) is 0 Å². The maximum Gasteiger partial charge on any atom is 0.271 e. The number of carbonyl (C=O) groups is 1. The summed E-state index contributed by atoms with van der Waals surface area (Å²) in [6.07, 6.45) is 4.41. The molecule has 2 heterocycles. The fraction of sp³-hybridized carbons (Fsp3) is 0.316. The molecular formula is C19H22N4O3S. The predicted molar refractivity (Wildman–Crippen MR) is 103 cm³/mol. The first-order valence-electron chi connectivity index (χ1n) is 8.85. The van der Waals surface area contributed by atoms with Crippen LogP contribution in [0.15, 0.2) is 58.7 Å². The van der Waals surface area contributed by atoms with E-state index in [1.54, 1.807) is 37.4 Å². The number of hydrazone groups is 1. The SMILES string of the molecule is CC(=NNC(=O)c1cccc(S(=O)(=O)N2CCCCC2)c1)c1ccccn1. The van der Waals surface area contributed by atoms with Crippen LogP contribution >= 0.6 is 0 Å². The number of pyridine rings is 1. The molecular weight excluding hydrogens is 364 g/mol. The van der Waals surface area contributed by atoms with Gasteiger partial charge < -0.3 is 0 Å². The third-order valence-electron chi connectivity index (χ3n) is 4.41.